The molecule has 1 saturated heterocycles. The van der Waals surface area contributed by atoms with E-state index < -0.39 is 31.0 Å². The summed E-state index contributed by atoms with van der Waals surface area (Å²) in [6.07, 6.45) is 3.77. The molecular formula is C16H24Cl2N2O4S2. The Morgan fingerprint density at radius 2 is 1.77 bits per heavy atom. The normalized spacial score (nSPS) is 22.6. The zero-order valence-electron chi connectivity index (χ0n) is 14.3. The summed E-state index contributed by atoms with van der Waals surface area (Å²) in [6.45, 7) is 1.22. The number of sulfone groups is 2. The standard InChI is InChI=1S/C16H24Cl2N2O4S2/c17-13-6-5-12(9-14(13)18)26(23,24)16-11-25(21,22)10-15(16)20-8-4-2-1-3-7-19/h5-6,9,15-16,20H,1-4,7-8,10-11,19H2/t15-,16-/m0/s1. The summed E-state index contributed by atoms with van der Waals surface area (Å²) >= 11 is 11.8. The highest BCUT2D eigenvalue weighted by Crippen LogP contribution is 2.30. The molecule has 0 bridgehead atoms. The summed E-state index contributed by atoms with van der Waals surface area (Å²) in [7, 11) is -7.27. The van der Waals surface area contributed by atoms with Gasteiger partial charge >= 0.3 is 0 Å². The van der Waals surface area contributed by atoms with Crippen LogP contribution in [0.4, 0.5) is 0 Å². The fourth-order valence-electron chi connectivity index (χ4n) is 3.05. The van der Waals surface area contributed by atoms with Gasteiger partial charge < -0.3 is 11.1 Å². The number of benzene rings is 1. The molecule has 26 heavy (non-hydrogen) atoms. The van der Waals surface area contributed by atoms with Gasteiger partial charge in [0.25, 0.3) is 0 Å². The van der Waals surface area contributed by atoms with Gasteiger partial charge in [0.2, 0.25) is 0 Å². The van der Waals surface area contributed by atoms with Crippen LogP contribution in [-0.4, -0.2) is 52.7 Å². The van der Waals surface area contributed by atoms with Gasteiger partial charge in [0, 0.05) is 6.04 Å². The lowest BCUT2D eigenvalue weighted by molar-refractivity contribution is 0.508. The van der Waals surface area contributed by atoms with Crippen molar-refractivity contribution in [1.82, 2.24) is 5.32 Å². The molecule has 2 rings (SSSR count). The van der Waals surface area contributed by atoms with Crippen molar-refractivity contribution < 1.29 is 16.8 Å². The van der Waals surface area contributed by atoms with Crippen LogP contribution in [0.15, 0.2) is 23.1 Å². The Hall–Kier alpha value is -0.380. The van der Waals surface area contributed by atoms with Gasteiger partial charge in [-0.2, -0.15) is 0 Å². The molecule has 3 N–H and O–H groups in total. The van der Waals surface area contributed by atoms with Crippen LogP contribution >= 0.6 is 23.2 Å². The molecule has 2 atom stereocenters. The number of hydrogen-bond donors (Lipinski definition) is 2. The first-order valence-corrected chi connectivity index (χ1v) is 12.6. The number of nitrogens with one attached hydrogen (secondary N) is 1. The van der Waals surface area contributed by atoms with Gasteiger partial charge in [-0.3, -0.25) is 0 Å². The highest BCUT2D eigenvalue weighted by Gasteiger charge is 2.45. The molecule has 148 valence electrons. The Kier molecular flexibility index (Phi) is 7.76. The third-order valence-corrected chi connectivity index (χ3v) is 9.34. The molecule has 1 aliphatic rings. The summed E-state index contributed by atoms with van der Waals surface area (Å²) in [5.41, 5.74) is 5.45. The van der Waals surface area contributed by atoms with Crippen LogP contribution in [-0.2, 0) is 19.7 Å². The van der Waals surface area contributed by atoms with Crippen molar-refractivity contribution >= 4 is 42.9 Å². The predicted octanol–water partition coefficient (Wildman–Crippen LogP) is 2.04. The van der Waals surface area contributed by atoms with Gasteiger partial charge in [-0.15, -0.1) is 0 Å². The molecule has 0 amide bonds. The fourth-order valence-corrected chi connectivity index (χ4v) is 8.15. The number of nitrogens with two attached hydrogens (primary N) is 1. The first-order chi connectivity index (χ1) is 12.2. The Morgan fingerprint density at radius 3 is 2.42 bits per heavy atom. The average Bonchev–Trinajstić information content (AvgIpc) is 2.89. The molecule has 1 aromatic rings. The summed E-state index contributed by atoms with van der Waals surface area (Å²) in [6, 6.07) is 3.40. The van der Waals surface area contributed by atoms with Crippen LogP contribution in [0, 0.1) is 0 Å². The van der Waals surface area contributed by atoms with Crippen molar-refractivity contribution in [1.29, 1.82) is 0 Å². The molecule has 0 saturated carbocycles. The van der Waals surface area contributed by atoms with Crippen molar-refractivity contribution in [3.05, 3.63) is 28.2 Å². The van der Waals surface area contributed by atoms with Gasteiger partial charge in [-0.1, -0.05) is 36.0 Å². The van der Waals surface area contributed by atoms with E-state index in [1.165, 1.54) is 18.2 Å². The molecule has 1 fully saturated rings. The van der Waals surface area contributed by atoms with Crippen molar-refractivity contribution in [2.75, 3.05) is 24.6 Å². The van der Waals surface area contributed by atoms with Crippen LogP contribution in [0.25, 0.3) is 0 Å². The van der Waals surface area contributed by atoms with Crippen LogP contribution < -0.4 is 11.1 Å². The Bertz CT molecular complexity index is 829. The number of rotatable bonds is 9. The molecule has 0 radical (unpaired) electrons. The summed E-state index contributed by atoms with van der Waals surface area (Å²) < 4.78 is 50.0. The molecule has 0 aliphatic carbocycles. The minimum absolute atomic E-state index is 0.0104. The van der Waals surface area contributed by atoms with E-state index in [-0.39, 0.29) is 26.4 Å². The zero-order chi connectivity index (χ0) is 19.4. The summed E-state index contributed by atoms with van der Waals surface area (Å²) in [4.78, 5) is -0.0104. The molecule has 0 aromatic heterocycles. The molecule has 1 heterocycles. The number of hydrogen-bond acceptors (Lipinski definition) is 6. The lowest BCUT2D eigenvalue weighted by Gasteiger charge is -2.20. The van der Waals surface area contributed by atoms with E-state index in [1.54, 1.807) is 0 Å². The van der Waals surface area contributed by atoms with E-state index in [1.807, 2.05) is 0 Å². The van der Waals surface area contributed by atoms with E-state index in [2.05, 4.69) is 5.32 Å². The van der Waals surface area contributed by atoms with Crippen molar-refractivity contribution in [3.63, 3.8) is 0 Å². The minimum Gasteiger partial charge on any atom is -0.330 e. The average molecular weight is 443 g/mol. The minimum atomic E-state index is -3.85. The van der Waals surface area contributed by atoms with Crippen LogP contribution in [0.1, 0.15) is 25.7 Å². The van der Waals surface area contributed by atoms with Gasteiger partial charge in [0.15, 0.2) is 19.7 Å². The molecular weight excluding hydrogens is 419 g/mol. The highest BCUT2D eigenvalue weighted by molar-refractivity contribution is 7.96. The van der Waals surface area contributed by atoms with E-state index in [0.29, 0.717) is 13.1 Å². The Labute approximate surface area is 165 Å². The second-order valence-electron chi connectivity index (χ2n) is 6.50. The highest BCUT2D eigenvalue weighted by atomic mass is 35.5. The quantitative estimate of drug-likeness (QED) is 0.566. The third-order valence-electron chi connectivity index (χ3n) is 4.46. The largest absolute Gasteiger partial charge is 0.330 e. The van der Waals surface area contributed by atoms with E-state index >= 15 is 0 Å². The lowest BCUT2D eigenvalue weighted by Crippen LogP contribution is -2.43. The molecule has 0 spiro atoms. The van der Waals surface area contributed by atoms with Crippen molar-refractivity contribution in [2.45, 2.75) is 41.9 Å². The van der Waals surface area contributed by atoms with E-state index in [0.717, 1.165) is 25.7 Å². The second-order valence-corrected chi connectivity index (χ2v) is 11.6. The molecule has 6 nitrogen and oxygen atoms in total. The maximum atomic E-state index is 13.0. The smallest absolute Gasteiger partial charge is 0.183 e. The second kappa shape index (κ2) is 9.21. The number of unbranched alkanes of at least 4 members (excludes halogenated alkanes) is 3. The van der Waals surface area contributed by atoms with Gasteiger partial charge in [-0.25, -0.2) is 16.8 Å². The molecule has 0 unspecified atom stereocenters. The van der Waals surface area contributed by atoms with E-state index in [9.17, 15) is 16.8 Å². The molecule has 10 heteroatoms. The van der Waals surface area contributed by atoms with Gasteiger partial charge in [-0.05, 0) is 44.1 Å². The monoisotopic (exact) mass is 442 g/mol. The molecule has 1 aliphatic heterocycles. The maximum Gasteiger partial charge on any atom is 0.183 e. The third kappa shape index (κ3) is 5.56. The van der Waals surface area contributed by atoms with Crippen molar-refractivity contribution in [3.8, 4) is 0 Å². The topological polar surface area (TPSA) is 106 Å². The predicted molar refractivity (Wildman–Crippen MR) is 105 cm³/mol. The van der Waals surface area contributed by atoms with Crippen LogP contribution in [0.2, 0.25) is 10.0 Å². The Morgan fingerprint density at radius 1 is 1.08 bits per heavy atom. The summed E-state index contributed by atoms with van der Waals surface area (Å²) in [5.74, 6) is -0.568. The van der Waals surface area contributed by atoms with Crippen LogP contribution in [0.3, 0.4) is 0 Å². The number of halogens is 2. The SMILES string of the molecule is NCCCCCCN[C@H]1CS(=O)(=O)C[C@@H]1S(=O)(=O)c1ccc(Cl)c(Cl)c1. The fraction of sp³-hybridized carbons (Fsp3) is 0.625. The first kappa shape index (κ1) is 21.9. The zero-order valence-corrected chi connectivity index (χ0v) is 17.5. The van der Waals surface area contributed by atoms with E-state index in [4.69, 9.17) is 28.9 Å². The first-order valence-electron chi connectivity index (χ1n) is 8.50. The molecule has 1 aromatic carbocycles. The Balaban J connectivity index is 2.11. The maximum absolute atomic E-state index is 13.0. The van der Waals surface area contributed by atoms with Gasteiger partial charge in [0.1, 0.15) is 0 Å². The summed E-state index contributed by atoms with van der Waals surface area (Å²) in [5, 5.41) is 2.45. The van der Waals surface area contributed by atoms with Gasteiger partial charge in [0.05, 0.1) is 31.7 Å². The van der Waals surface area contributed by atoms with Crippen molar-refractivity contribution in [2.24, 2.45) is 5.73 Å². The lowest BCUT2D eigenvalue weighted by atomic mass is 10.2. The van der Waals surface area contributed by atoms with Crippen LogP contribution in [0.5, 0.6) is 0 Å².